The van der Waals surface area contributed by atoms with Gasteiger partial charge in [-0.15, -0.1) is 0 Å². The molecular formula is C16H31N. The van der Waals surface area contributed by atoms with Crippen LogP contribution in [-0.4, -0.2) is 12.1 Å². The fourth-order valence-corrected chi connectivity index (χ4v) is 3.91. The number of nitrogens with one attached hydrogen (secondary N) is 1. The Kier molecular flexibility index (Phi) is 4.52. The van der Waals surface area contributed by atoms with Crippen LogP contribution in [0.2, 0.25) is 0 Å². The Bertz CT molecular complexity index is 214. The van der Waals surface area contributed by atoms with Crippen molar-refractivity contribution in [2.75, 3.05) is 0 Å². The van der Waals surface area contributed by atoms with Crippen molar-refractivity contribution in [3.05, 3.63) is 0 Å². The Morgan fingerprint density at radius 2 is 1.06 bits per heavy atom. The average molecular weight is 237 g/mol. The lowest BCUT2D eigenvalue weighted by Crippen LogP contribution is -2.50. The van der Waals surface area contributed by atoms with E-state index in [1.165, 1.54) is 38.5 Å². The molecule has 17 heavy (non-hydrogen) atoms. The molecule has 0 spiro atoms. The van der Waals surface area contributed by atoms with Gasteiger partial charge in [0.05, 0.1) is 0 Å². The standard InChI is InChI=1S/C16H31N/c1-11-7-5-9-15(13(11)3)17-16-10-6-8-12(2)14(16)4/h11-17H,5-10H2,1-4H3. The minimum atomic E-state index is 0.788. The van der Waals surface area contributed by atoms with Crippen LogP contribution < -0.4 is 5.32 Å². The maximum absolute atomic E-state index is 4.02. The zero-order valence-electron chi connectivity index (χ0n) is 12.2. The second kappa shape index (κ2) is 5.73. The predicted octanol–water partition coefficient (Wildman–Crippen LogP) is 4.23. The highest BCUT2D eigenvalue weighted by atomic mass is 15.0. The molecule has 6 unspecified atom stereocenters. The van der Waals surface area contributed by atoms with Gasteiger partial charge in [0.1, 0.15) is 0 Å². The van der Waals surface area contributed by atoms with Gasteiger partial charge in [-0.3, -0.25) is 0 Å². The lowest BCUT2D eigenvalue weighted by molar-refractivity contribution is 0.140. The fourth-order valence-electron chi connectivity index (χ4n) is 3.91. The van der Waals surface area contributed by atoms with E-state index in [0.717, 1.165) is 35.8 Å². The zero-order valence-corrected chi connectivity index (χ0v) is 12.2. The van der Waals surface area contributed by atoms with Crippen LogP contribution in [0.3, 0.4) is 0 Å². The molecule has 1 heteroatoms. The monoisotopic (exact) mass is 237 g/mol. The molecule has 2 fully saturated rings. The number of hydrogen-bond donors (Lipinski definition) is 1. The summed E-state index contributed by atoms with van der Waals surface area (Å²) in [6.07, 6.45) is 8.55. The molecule has 0 radical (unpaired) electrons. The van der Waals surface area contributed by atoms with Gasteiger partial charge < -0.3 is 5.32 Å². The summed E-state index contributed by atoms with van der Waals surface area (Å²) >= 11 is 0. The van der Waals surface area contributed by atoms with Gasteiger partial charge in [0.2, 0.25) is 0 Å². The summed E-state index contributed by atoms with van der Waals surface area (Å²) in [5.41, 5.74) is 0. The predicted molar refractivity (Wildman–Crippen MR) is 75.1 cm³/mol. The van der Waals surface area contributed by atoms with Crippen LogP contribution in [0.15, 0.2) is 0 Å². The Morgan fingerprint density at radius 1 is 0.647 bits per heavy atom. The molecule has 0 aromatic rings. The van der Waals surface area contributed by atoms with Gasteiger partial charge in [0.15, 0.2) is 0 Å². The molecule has 2 rings (SSSR count). The van der Waals surface area contributed by atoms with Crippen LogP contribution in [0.25, 0.3) is 0 Å². The van der Waals surface area contributed by atoms with E-state index in [1.54, 1.807) is 0 Å². The second-order valence-electron chi connectivity index (χ2n) is 6.91. The molecule has 1 N–H and O–H groups in total. The Hall–Kier alpha value is -0.0400. The lowest BCUT2D eigenvalue weighted by Gasteiger charge is -2.42. The van der Waals surface area contributed by atoms with Gasteiger partial charge in [-0.25, -0.2) is 0 Å². The van der Waals surface area contributed by atoms with E-state index < -0.39 is 0 Å². The van der Waals surface area contributed by atoms with Crippen molar-refractivity contribution in [3.8, 4) is 0 Å². The fraction of sp³-hybridized carbons (Fsp3) is 1.00. The van der Waals surface area contributed by atoms with Gasteiger partial charge in [0, 0.05) is 12.1 Å². The molecule has 2 saturated carbocycles. The molecule has 0 saturated heterocycles. The summed E-state index contributed by atoms with van der Waals surface area (Å²) in [5, 5.41) is 4.02. The number of rotatable bonds is 2. The smallest absolute Gasteiger partial charge is 0.00979 e. The Morgan fingerprint density at radius 3 is 1.47 bits per heavy atom. The highest BCUT2D eigenvalue weighted by molar-refractivity contribution is 4.89. The SMILES string of the molecule is CC1CCCC(NC2CCCC(C)C2C)C1C. The van der Waals surface area contributed by atoms with Gasteiger partial charge >= 0.3 is 0 Å². The lowest BCUT2D eigenvalue weighted by atomic mass is 9.74. The van der Waals surface area contributed by atoms with Crippen molar-refractivity contribution in [2.24, 2.45) is 23.7 Å². The van der Waals surface area contributed by atoms with E-state index in [1.807, 2.05) is 0 Å². The van der Waals surface area contributed by atoms with E-state index in [2.05, 4.69) is 33.0 Å². The molecule has 2 aliphatic rings. The summed E-state index contributed by atoms with van der Waals surface area (Å²) in [4.78, 5) is 0. The van der Waals surface area contributed by atoms with Gasteiger partial charge in [-0.2, -0.15) is 0 Å². The van der Waals surface area contributed by atoms with E-state index in [-0.39, 0.29) is 0 Å². The van der Waals surface area contributed by atoms with E-state index in [0.29, 0.717) is 0 Å². The molecule has 1 nitrogen and oxygen atoms in total. The van der Waals surface area contributed by atoms with Crippen LogP contribution in [0.4, 0.5) is 0 Å². The van der Waals surface area contributed by atoms with Crippen molar-refractivity contribution in [3.63, 3.8) is 0 Å². The van der Waals surface area contributed by atoms with Gasteiger partial charge in [-0.05, 0) is 36.5 Å². The Balaban J connectivity index is 1.90. The largest absolute Gasteiger partial charge is 0.311 e. The summed E-state index contributed by atoms with van der Waals surface area (Å²) in [6.45, 7) is 9.79. The summed E-state index contributed by atoms with van der Waals surface area (Å²) in [5.74, 6) is 3.57. The molecule has 0 amide bonds. The summed E-state index contributed by atoms with van der Waals surface area (Å²) < 4.78 is 0. The third-order valence-corrected chi connectivity index (χ3v) is 5.84. The van der Waals surface area contributed by atoms with Gasteiger partial charge in [0.25, 0.3) is 0 Å². The van der Waals surface area contributed by atoms with E-state index in [4.69, 9.17) is 0 Å². The maximum atomic E-state index is 4.02. The molecular weight excluding hydrogens is 206 g/mol. The molecule has 0 bridgehead atoms. The third kappa shape index (κ3) is 3.05. The first-order chi connectivity index (χ1) is 8.09. The summed E-state index contributed by atoms with van der Waals surface area (Å²) in [6, 6.07) is 1.58. The maximum Gasteiger partial charge on any atom is 0.00979 e. The Labute approximate surface area is 108 Å². The van der Waals surface area contributed by atoms with Crippen molar-refractivity contribution in [2.45, 2.75) is 78.3 Å². The topological polar surface area (TPSA) is 12.0 Å². The van der Waals surface area contributed by atoms with E-state index >= 15 is 0 Å². The van der Waals surface area contributed by atoms with E-state index in [9.17, 15) is 0 Å². The second-order valence-corrected chi connectivity index (χ2v) is 6.91. The third-order valence-electron chi connectivity index (χ3n) is 5.84. The quantitative estimate of drug-likeness (QED) is 0.758. The van der Waals surface area contributed by atoms with Crippen LogP contribution >= 0.6 is 0 Å². The molecule has 0 aliphatic heterocycles. The highest BCUT2D eigenvalue weighted by Crippen LogP contribution is 2.34. The first kappa shape index (κ1) is 13.4. The van der Waals surface area contributed by atoms with Gasteiger partial charge in [-0.1, -0.05) is 53.4 Å². The van der Waals surface area contributed by atoms with Crippen LogP contribution in [0, 0.1) is 23.7 Å². The minimum Gasteiger partial charge on any atom is -0.311 e. The first-order valence-electron chi connectivity index (χ1n) is 7.85. The average Bonchev–Trinajstić information content (AvgIpc) is 2.31. The zero-order chi connectivity index (χ0) is 12.4. The number of hydrogen-bond acceptors (Lipinski definition) is 1. The molecule has 6 atom stereocenters. The highest BCUT2D eigenvalue weighted by Gasteiger charge is 2.32. The summed E-state index contributed by atoms with van der Waals surface area (Å²) in [7, 11) is 0. The molecule has 2 aliphatic carbocycles. The minimum absolute atomic E-state index is 0.788. The first-order valence-corrected chi connectivity index (χ1v) is 7.85. The normalized spacial score (nSPS) is 48.0. The van der Waals surface area contributed by atoms with Crippen LogP contribution in [-0.2, 0) is 0 Å². The molecule has 0 aromatic heterocycles. The molecule has 0 aromatic carbocycles. The van der Waals surface area contributed by atoms with Crippen molar-refractivity contribution >= 4 is 0 Å². The van der Waals surface area contributed by atoms with Crippen molar-refractivity contribution in [1.82, 2.24) is 5.32 Å². The molecule has 100 valence electrons. The van der Waals surface area contributed by atoms with Crippen LogP contribution in [0.5, 0.6) is 0 Å². The molecule has 0 heterocycles. The van der Waals surface area contributed by atoms with Crippen molar-refractivity contribution in [1.29, 1.82) is 0 Å². The van der Waals surface area contributed by atoms with Crippen molar-refractivity contribution < 1.29 is 0 Å². The van der Waals surface area contributed by atoms with Crippen LogP contribution in [0.1, 0.15) is 66.2 Å².